The molecule has 100 valence electrons. The zero-order valence-corrected chi connectivity index (χ0v) is 12.2. The Kier molecular flexibility index (Phi) is 5.93. The molecule has 0 fully saturated rings. The van der Waals surface area contributed by atoms with Gasteiger partial charge in [-0.2, -0.15) is 0 Å². The van der Waals surface area contributed by atoms with Crippen molar-refractivity contribution in [3.05, 3.63) is 42.0 Å². The average Bonchev–Trinajstić information content (AvgIpc) is 2.38. The lowest BCUT2D eigenvalue weighted by molar-refractivity contribution is 0.575. The van der Waals surface area contributed by atoms with E-state index < -0.39 is 0 Å². The first-order chi connectivity index (χ1) is 8.63. The zero-order valence-electron chi connectivity index (χ0n) is 12.2. The van der Waals surface area contributed by atoms with Crippen molar-refractivity contribution < 1.29 is 0 Å². The van der Waals surface area contributed by atoms with Crippen LogP contribution in [0.25, 0.3) is 0 Å². The number of anilines is 1. The summed E-state index contributed by atoms with van der Waals surface area (Å²) in [6, 6.07) is 9.08. The predicted octanol–water partition coefficient (Wildman–Crippen LogP) is 3.76. The van der Waals surface area contributed by atoms with Crippen LogP contribution in [0.2, 0.25) is 0 Å². The smallest absolute Gasteiger partial charge is 0.0417 e. The molecule has 1 aromatic rings. The van der Waals surface area contributed by atoms with Crippen LogP contribution in [0.4, 0.5) is 5.69 Å². The molecular formula is C16H26N2. The molecule has 1 N–H and O–H groups in total. The fraction of sp³-hybridized carbons (Fsp3) is 0.500. The van der Waals surface area contributed by atoms with Gasteiger partial charge in [-0.1, -0.05) is 37.3 Å². The predicted molar refractivity (Wildman–Crippen MR) is 81.2 cm³/mol. The first-order valence-corrected chi connectivity index (χ1v) is 6.79. The maximum Gasteiger partial charge on any atom is 0.0417 e. The summed E-state index contributed by atoms with van der Waals surface area (Å²) in [7, 11) is 2.03. The van der Waals surface area contributed by atoms with Crippen LogP contribution in [-0.2, 0) is 0 Å². The van der Waals surface area contributed by atoms with Crippen LogP contribution < -0.4 is 10.2 Å². The highest BCUT2D eigenvalue weighted by atomic mass is 15.1. The number of para-hydroxylation sites is 1. The Labute approximate surface area is 112 Å². The molecule has 1 atom stereocenters. The summed E-state index contributed by atoms with van der Waals surface area (Å²) >= 11 is 0. The molecule has 0 saturated heterocycles. The van der Waals surface area contributed by atoms with E-state index in [-0.39, 0.29) is 0 Å². The van der Waals surface area contributed by atoms with Crippen LogP contribution >= 0.6 is 0 Å². The summed E-state index contributed by atoms with van der Waals surface area (Å²) in [6.45, 7) is 12.4. The molecule has 0 spiro atoms. The number of benzene rings is 1. The van der Waals surface area contributed by atoms with Gasteiger partial charge < -0.3 is 10.2 Å². The minimum Gasteiger partial charge on any atom is -0.368 e. The lowest BCUT2D eigenvalue weighted by Gasteiger charge is -2.28. The van der Waals surface area contributed by atoms with Crippen molar-refractivity contribution in [2.24, 2.45) is 0 Å². The van der Waals surface area contributed by atoms with Gasteiger partial charge >= 0.3 is 0 Å². The first-order valence-electron chi connectivity index (χ1n) is 6.79. The third kappa shape index (κ3) is 3.61. The van der Waals surface area contributed by atoms with Gasteiger partial charge in [-0.25, -0.2) is 0 Å². The average molecular weight is 246 g/mol. The van der Waals surface area contributed by atoms with Gasteiger partial charge in [0, 0.05) is 24.8 Å². The Balaban J connectivity index is 3.09. The summed E-state index contributed by atoms with van der Waals surface area (Å²) in [5, 5.41) is 3.39. The Morgan fingerprint density at radius 1 is 1.33 bits per heavy atom. The Morgan fingerprint density at radius 3 is 2.50 bits per heavy atom. The van der Waals surface area contributed by atoms with Crippen LogP contribution in [0.3, 0.4) is 0 Å². The minimum atomic E-state index is 0.417. The number of likely N-dealkylation sites (N-methyl/N-ethyl adjacent to an activating group) is 1. The molecule has 0 aliphatic carbocycles. The van der Waals surface area contributed by atoms with Gasteiger partial charge in [0.25, 0.3) is 0 Å². The van der Waals surface area contributed by atoms with Crippen LogP contribution in [0.1, 0.15) is 38.8 Å². The van der Waals surface area contributed by atoms with Crippen molar-refractivity contribution in [2.75, 3.05) is 25.0 Å². The Morgan fingerprint density at radius 2 is 2.00 bits per heavy atom. The number of rotatable bonds is 7. The molecule has 1 unspecified atom stereocenters. The third-order valence-electron chi connectivity index (χ3n) is 3.25. The van der Waals surface area contributed by atoms with Crippen molar-refractivity contribution in [1.29, 1.82) is 0 Å². The molecule has 2 heteroatoms. The van der Waals surface area contributed by atoms with Crippen LogP contribution in [0, 0.1) is 0 Å². The fourth-order valence-corrected chi connectivity index (χ4v) is 2.34. The second-order valence-electron chi connectivity index (χ2n) is 4.78. The molecule has 0 bridgehead atoms. The maximum atomic E-state index is 4.03. The molecule has 1 rings (SSSR count). The van der Waals surface area contributed by atoms with Gasteiger partial charge in [-0.05, 0) is 38.9 Å². The third-order valence-corrected chi connectivity index (χ3v) is 3.25. The van der Waals surface area contributed by atoms with Crippen molar-refractivity contribution in [1.82, 2.24) is 5.32 Å². The summed E-state index contributed by atoms with van der Waals surface area (Å²) in [6.07, 6.45) is 1.10. The van der Waals surface area contributed by atoms with E-state index in [2.05, 4.69) is 61.8 Å². The Bertz CT molecular complexity index is 380. The van der Waals surface area contributed by atoms with Crippen LogP contribution in [0.15, 0.2) is 36.4 Å². The normalized spacial score (nSPS) is 12.2. The number of nitrogens with zero attached hydrogens (tertiary/aromatic N) is 1. The number of hydrogen-bond donors (Lipinski definition) is 1. The first kappa shape index (κ1) is 14.8. The highest BCUT2D eigenvalue weighted by Gasteiger charge is 2.15. The van der Waals surface area contributed by atoms with Crippen molar-refractivity contribution >= 4 is 5.69 Å². The van der Waals surface area contributed by atoms with E-state index in [1.807, 2.05) is 7.05 Å². The highest BCUT2D eigenvalue weighted by Crippen LogP contribution is 2.28. The SMILES string of the molecule is C=C(C)CN(CC)c1ccccc1C(CC)NC. The van der Waals surface area contributed by atoms with E-state index in [1.165, 1.54) is 16.8 Å². The summed E-state index contributed by atoms with van der Waals surface area (Å²) in [5.74, 6) is 0. The molecule has 0 aliphatic rings. The summed E-state index contributed by atoms with van der Waals surface area (Å²) in [4.78, 5) is 2.39. The second-order valence-corrected chi connectivity index (χ2v) is 4.78. The molecule has 1 aromatic carbocycles. The molecule has 0 heterocycles. The topological polar surface area (TPSA) is 15.3 Å². The largest absolute Gasteiger partial charge is 0.368 e. The van der Waals surface area contributed by atoms with Gasteiger partial charge in [-0.15, -0.1) is 0 Å². The molecule has 0 saturated carbocycles. The van der Waals surface area contributed by atoms with Crippen LogP contribution in [-0.4, -0.2) is 20.1 Å². The monoisotopic (exact) mass is 246 g/mol. The quantitative estimate of drug-likeness (QED) is 0.737. The van der Waals surface area contributed by atoms with Gasteiger partial charge in [0.1, 0.15) is 0 Å². The van der Waals surface area contributed by atoms with Crippen molar-refractivity contribution in [3.8, 4) is 0 Å². The van der Waals surface area contributed by atoms with E-state index >= 15 is 0 Å². The standard InChI is InChI=1S/C16H26N2/c1-6-15(17-5)14-10-8-9-11-16(14)18(7-2)12-13(3)4/h8-11,15,17H,3,6-7,12H2,1-2,4-5H3. The van der Waals surface area contributed by atoms with Gasteiger partial charge in [0.2, 0.25) is 0 Å². The Hall–Kier alpha value is -1.28. The second kappa shape index (κ2) is 7.22. The number of hydrogen-bond acceptors (Lipinski definition) is 2. The molecule has 0 amide bonds. The highest BCUT2D eigenvalue weighted by molar-refractivity contribution is 5.55. The van der Waals surface area contributed by atoms with Crippen LogP contribution in [0.5, 0.6) is 0 Å². The molecule has 0 aromatic heterocycles. The molecule has 0 radical (unpaired) electrons. The zero-order chi connectivity index (χ0) is 13.5. The van der Waals surface area contributed by atoms with E-state index in [0.29, 0.717) is 6.04 Å². The van der Waals surface area contributed by atoms with Gasteiger partial charge in [0.05, 0.1) is 0 Å². The summed E-state index contributed by atoms with van der Waals surface area (Å²) < 4.78 is 0. The maximum absolute atomic E-state index is 4.03. The van der Waals surface area contributed by atoms with E-state index in [1.54, 1.807) is 0 Å². The lowest BCUT2D eigenvalue weighted by Crippen LogP contribution is -2.27. The minimum absolute atomic E-state index is 0.417. The molecular weight excluding hydrogens is 220 g/mol. The molecule has 2 nitrogen and oxygen atoms in total. The van der Waals surface area contributed by atoms with E-state index in [4.69, 9.17) is 0 Å². The van der Waals surface area contributed by atoms with E-state index in [9.17, 15) is 0 Å². The summed E-state index contributed by atoms with van der Waals surface area (Å²) in [5.41, 5.74) is 3.90. The van der Waals surface area contributed by atoms with Crippen molar-refractivity contribution in [2.45, 2.75) is 33.2 Å². The van der Waals surface area contributed by atoms with Gasteiger partial charge in [0.15, 0.2) is 0 Å². The lowest BCUT2D eigenvalue weighted by atomic mass is 10.0. The molecule has 0 aliphatic heterocycles. The fourth-order valence-electron chi connectivity index (χ4n) is 2.34. The molecule has 18 heavy (non-hydrogen) atoms. The van der Waals surface area contributed by atoms with Crippen molar-refractivity contribution in [3.63, 3.8) is 0 Å². The van der Waals surface area contributed by atoms with E-state index in [0.717, 1.165) is 19.5 Å². The van der Waals surface area contributed by atoms with Gasteiger partial charge in [-0.3, -0.25) is 0 Å². The number of nitrogens with one attached hydrogen (secondary N) is 1.